The van der Waals surface area contributed by atoms with Crippen LogP contribution in [0.15, 0.2) is 36.7 Å². The fourth-order valence-corrected chi connectivity index (χ4v) is 2.04. The molecule has 0 spiro atoms. The van der Waals surface area contributed by atoms with Crippen molar-refractivity contribution in [3.05, 3.63) is 59.2 Å². The quantitative estimate of drug-likeness (QED) is 0.907. The van der Waals surface area contributed by atoms with Crippen LogP contribution in [-0.4, -0.2) is 12.1 Å². The number of hydrogen-bond acceptors (Lipinski definition) is 3. The van der Waals surface area contributed by atoms with Gasteiger partial charge in [-0.2, -0.15) is 0 Å². The van der Waals surface area contributed by atoms with E-state index < -0.39 is 0 Å². The summed E-state index contributed by atoms with van der Waals surface area (Å²) in [6.45, 7) is 4.64. The molecule has 1 aromatic heterocycles. The van der Waals surface area contributed by atoms with Crippen LogP contribution in [0.2, 0.25) is 0 Å². The number of nitrogens with one attached hydrogen (secondary N) is 1. The smallest absolute Gasteiger partial charge is 0.131 e. The number of rotatable bonds is 5. The first-order chi connectivity index (χ1) is 9.61. The molecule has 1 N–H and O–H groups in total. The van der Waals surface area contributed by atoms with Gasteiger partial charge in [0.1, 0.15) is 11.6 Å². The molecule has 0 aliphatic rings. The molecule has 1 aromatic carbocycles. The molecule has 0 aliphatic heterocycles. The number of aryl methyl sites for hydroxylation is 1. The molecular formula is C16H19FN2O. The molecule has 0 saturated heterocycles. The highest BCUT2D eigenvalue weighted by Crippen LogP contribution is 2.22. The molecule has 2 rings (SSSR count). The second-order valence-electron chi connectivity index (χ2n) is 4.79. The number of pyridine rings is 1. The lowest BCUT2D eigenvalue weighted by atomic mass is 10.1. The SMILES string of the molecule is COc1ccc(C(C)NCc2cnccc2C)c(F)c1. The fraction of sp³-hybridized carbons (Fsp3) is 0.312. The lowest BCUT2D eigenvalue weighted by Gasteiger charge is -2.16. The Morgan fingerprint density at radius 2 is 2.15 bits per heavy atom. The van der Waals surface area contributed by atoms with Gasteiger partial charge in [0.05, 0.1) is 7.11 Å². The molecule has 1 unspecified atom stereocenters. The second kappa shape index (κ2) is 6.48. The van der Waals surface area contributed by atoms with E-state index in [-0.39, 0.29) is 11.9 Å². The third kappa shape index (κ3) is 3.33. The van der Waals surface area contributed by atoms with E-state index >= 15 is 0 Å². The van der Waals surface area contributed by atoms with E-state index in [9.17, 15) is 4.39 Å². The van der Waals surface area contributed by atoms with E-state index in [1.165, 1.54) is 18.7 Å². The van der Waals surface area contributed by atoms with Crippen molar-refractivity contribution in [3.63, 3.8) is 0 Å². The van der Waals surface area contributed by atoms with Crippen LogP contribution in [-0.2, 0) is 6.54 Å². The van der Waals surface area contributed by atoms with Gasteiger partial charge in [-0.3, -0.25) is 4.98 Å². The van der Waals surface area contributed by atoms with Crippen LogP contribution < -0.4 is 10.1 Å². The minimum Gasteiger partial charge on any atom is -0.497 e. The zero-order chi connectivity index (χ0) is 14.5. The number of methoxy groups -OCH3 is 1. The largest absolute Gasteiger partial charge is 0.497 e. The monoisotopic (exact) mass is 274 g/mol. The van der Waals surface area contributed by atoms with Gasteiger partial charge < -0.3 is 10.1 Å². The van der Waals surface area contributed by atoms with Crippen LogP contribution in [0.25, 0.3) is 0 Å². The summed E-state index contributed by atoms with van der Waals surface area (Å²) < 4.78 is 19.0. The topological polar surface area (TPSA) is 34.1 Å². The Labute approximate surface area is 118 Å². The lowest BCUT2D eigenvalue weighted by molar-refractivity contribution is 0.409. The number of nitrogens with zero attached hydrogens (tertiary/aromatic N) is 1. The van der Waals surface area contributed by atoms with Gasteiger partial charge in [0.2, 0.25) is 0 Å². The van der Waals surface area contributed by atoms with Crippen molar-refractivity contribution >= 4 is 0 Å². The first-order valence-electron chi connectivity index (χ1n) is 6.58. The summed E-state index contributed by atoms with van der Waals surface area (Å²) in [5, 5.41) is 3.31. The Morgan fingerprint density at radius 1 is 1.35 bits per heavy atom. The van der Waals surface area contributed by atoms with E-state index in [2.05, 4.69) is 10.3 Å². The van der Waals surface area contributed by atoms with E-state index in [0.717, 1.165) is 5.56 Å². The zero-order valence-electron chi connectivity index (χ0n) is 12.0. The van der Waals surface area contributed by atoms with Gasteiger partial charge in [0.15, 0.2) is 0 Å². The molecule has 4 heteroatoms. The van der Waals surface area contributed by atoms with Crippen molar-refractivity contribution in [1.29, 1.82) is 0 Å². The Morgan fingerprint density at radius 3 is 2.80 bits per heavy atom. The van der Waals surface area contributed by atoms with E-state index in [1.807, 2.05) is 26.1 Å². The summed E-state index contributed by atoms with van der Waals surface area (Å²) in [4.78, 5) is 4.11. The fourth-order valence-electron chi connectivity index (χ4n) is 2.04. The van der Waals surface area contributed by atoms with Crippen molar-refractivity contribution < 1.29 is 9.13 Å². The lowest BCUT2D eigenvalue weighted by Crippen LogP contribution is -2.19. The second-order valence-corrected chi connectivity index (χ2v) is 4.79. The van der Waals surface area contributed by atoms with Crippen LogP contribution in [0.5, 0.6) is 5.75 Å². The molecule has 3 nitrogen and oxygen atoms in total. The number of hydrogen-bond donors (Lipinski definition) is 1. The van der Waals surface area contributed by atoms with Crippen LogP contribution >= 0.6 is 0 Å². The molecule has 0 fully saturated rings. The molecule has 106 valence electrons. The summed E-state index contributed by atoms with van der Waals surface area (Å²) in [7, 11) is 1.53. The number of benzene rings is 1. The maximum absolute atomic E-state index is 14.0. The van der Waals surface area contributed by atoms with E-state index in [0.29, 0.717) is 17.9 Å². The standard InChI is InChI=1S/C16H19FN2O/c1-11-6-7-18-9-13(11)10-19-12(2)15-5-4-14(20-3)8-16(15)17/h4-9,12,19H,10H2,1-3H3. The van der Waals surface area contributed by atoms with Gasteiger partial charge in [0, 0.05) is 36.6 Å². The van der Waals surface area contributed by atoms with Crippen molar-refractivity contribution in [2.24, 2.45) is 0 Å². The Balaban J connectivity index is 2.05. The first-order valence-corrected chi connectivity index (χ1v) is 6.58. The van der Waals surface area contributed by atoms with E-state index in [1.54, 1.807) is 18.3 Å². The van der Waals surface area contributed by atoms with Crippen LogP contribution in [0.4, 0.5) is 4.39 Å². The molecule has 0 aliphatic carbocycles. The highest BCUT2D eigenvalue weighted by Gasteiger charge is 2.11. The Hall–Kier alpha value is -1.94. The van der Waals surface area contributed by atoms with Crippen LogP contribution in [0, 0.1) is 12.7 Å². The molecule has 20 heavy (non-hydrogen) atoms. The Kier molecular flexibility index (Phi) is 4.69. The van der Waals surface area contributed by atoms with Crippen molar-refractivity contribution in [1.82, 2.24) is 10.3 Å². The molecule has 2 aromatic rings. The zero-order valence-corrected chi connectivity index (χ0v) is 12.0. The summed E-state index contributed by atoms with van der Waals surface area (Å²) in [6.07, 6.45) is 3.60. The van der Waals surface area contributed by atoms with Gasteiger partial charge in [-0.05, 0) is 37.1 Å². The maximum Gasteiger partial charge on any atom is 0.131 e. The summed E-state index contributed by atoms with van der Waals surface area (Å²) in [6, 6.07) is 6.81. The molecule has 1 atom stereocenters. The summed E-state index contributed by atoms with van der Waals surface area (Å²) in [5.41, 5.74) is 2.93. The summed E-state index contributed by atoms with van der Waals surface area (Å²) >= 11 is 0. The van der Waals surface area contributed by atoms with Crippen LogP contribution in [0.3, 0.4) is 0 Å². The third-order valence-corrected chi connectivity index (χ3v) is 3.42. The Bertz CT molecular complexity index is 586. The van der Waals surface area contributed by atoms with Crippen LogP contribution in [0.1, 0.15) is 29.7 Å². The molecule has 0 bridgehead atoms. The number of aromatic nitrogens is 1. The summed E-state index contributed by atoms with van der Waals surface area (Å²) in [5.74, 6) is 0.272. The van der Waals surface area contributed by atoms with Gasteiger partial charge >= 0.3 is 0 Å². The van der Waals surface area contributed by atoms with Gasteiger partial charge in [-0.1, -0.05) is 6.07 Å². The molecule has 1 heterocycles. The molecule has 0 saturated carbocycles. The van der Waals surface area contributed by atoms with Gasteiger partial charge in [-0.25, -0.2) is 4.39 Å². The highest BCUT2D eigenvalue weighted by atomic mass is 19.1. The molecular weight excluding hydrogens is 255 g/mol. The van der Waals surface area contributed by atoms with E-state index in [4.69, 9.17) is 4.74 Å². The van der Waals surface area contributed by atoms with Crippen molar-refractivity contribution in [3.8, 4) is 5.75 Å². The first kappa shape index (κ1) is 14.5. The average Bonchev–Trinajstić information content (AvgIpc) is 2.46. The normalized spacial score (nSPS) is 12.2. The maximum atomic E-state index is 14.0. The average molecular weight is 274 g/mol. The number of halogens is 1. The van der Waals surface area contributed by atoms with Crippen molar-refractivity contribution in [2.75, 3.05) is 7.11 Å². The predicted molar refractivity (Wildman–Crippen MR) is 77.2 cm³/mol. The molecule has 0 radical (unpaired) electrons. The minimum absolute atomic E-state index is 0.0829. The van der Waals surface area contributed by atoms with Gasteiger partial charge in [-0.15, -0.1) is 0 Å². The van der Waals surface area contributed by atoms with Gasteiger partial charge in [0.25, 0.3) is 0 Å². The number of ether oxygens (including phenoxy) is 1. The minimum atomic E-state index is -0.257. The highest BCUT2D eigenvalue weighted by molar-refractivity contribution is 5.31. The third-order valence-electron chi connectivity index (χ3n) is 3.42. The van der Waals surface area contributed by atoms with Crippen molar-refractivity contribution in [2.45, 2.75) is 26.4 Å². The predicted octanol–water partition coefficient (Wildman–Crippen LogP) is 3.39. The molecule has 0 amide bonds.